The van der Waals surface area contributed by atoms with Gasteiger partial charge in [0, 0.05) is 0 Å². The average Bonchev–Trinajstić information content (AvgIpc) is 2.35. The minimum absolute atomic E-state index is 0.386. The van der Waals surface area contributed by atoms with Crippen molar-refractivity contribution in [2.24, 2.45) is 0 Å². The number of anilines is 1. The van der Waals surface area contributed by atoms with Gasteiger partial charge in [0.05, 0.1) is 22.1 Å². The lowest BCUT2D eigenvalue weighted by molar-refractivity contribution is -0.445. The third kappa shape index (κ3) is 1.80. The molecule has 0 aliphatic carbocycles. The second-order valence-corrected chi connectivity index (χ2v) is 3.78. The van der Waals surface area contributed by atoms with Crippen LogP contribution in [0.25, 0.3) is 22.1 Å². The molecule has 2 aromatic carbocycles. The minimum Gasteiger partial charge on any atom is -0.245 e. The van der Waals surface area contributed by atoms with Crippen molar-refractivity contribution >= 4 is 27.8 Å². The molecule has 0 aliphatic rings. The van der Waals surface area contributed by atoms with Crippen LogP contribution in [-0.2, 0) is 0 Å². The molecule has 1 heterocycles. The highest BCUT2D eigenvalue weighted by molar-refractivity contribution is 5.87. The highest BCUT2D eigenvalue weighted by atomic mass is 16.7. The molecule has 0 aliphatic heterocycles. The fourth-order valence-electron chi connectivity index (χ4n) is 1.80. The summed E-state index contributed by atoms with van der Waals surface area (Å²) in [5, 5.41) is 9.77. The predicted octanol–water partition coefficient (Wildman–Crippen LogP) is 2.39. The molecule has 0 amide bonds. The molecule has 0 fully saturated rings. The molecule has 3 rings (SSSR count). The van der Waals surface area contributed by atoms with Crippen LogP contribution in [0.15, 0.2) is 42.5 Å². The number of hydrazine groups is 1. The third-order valence-electron chi connectivity index (χ3n) is 2.56. The van der Waals surface area contributed by atoms with Crippen LogP contribution in [0.1, 0.15) is 0 Å². The van der Waals surface area contributed by atoms with Crippen molar-refractivity contribution in [3.63, 3.8) is 0 Å². The summed E-state index contributed by atoms with van der Waals surface area (Å²) in [6.07, 6.45) is 0. The number of benzene rings is 2. The zero-order valence-electron chi connectivity index (χ0n) is 9.20. The smallest absolute Gasteiger partial charge is 0.162 e. The average molecular weight is 240 g/mol. The summed E-state index contributed by atoms with van der Waals surface area (Å²) in [5.74, 6) is 0. The summed E-state index contributed by atoms with van der Waals surface area (Å²) < 4.78 is 0. The molecule has 1 aromatic heterocycles. The molecule has 18 heavy (non-hydrogen) atoms. The number of para-hydroxylation sites is 2. The lowest BCUT2D eigenvalue weighted by Crippen LogP contribution is -2.07. The van der Waals surface area contributed by atoms with E-state index in [1.165, 1.54) is 0 Å². The number of nitrogens with zero attached hydrogens (tertiary/aromatic N) is 3. The van der Waals surface area contributed by atoms with Gasteiger partial charge in [0.1, 0.15) is 5.69 Å². The summed E-state index contributed by atoms with van der Waals surface area (Å²) in [4.78, 5) is 19.2. The molecular formula is C12H8N4O2. The van der Waals surface area contributed by atoms with Crippen LogP contribution >= 0.6 is 0 Å². The van der Waals surface area contributed by atoms with Gasteiger partial charge < -0.3 is 0 Å². The van der Waals surface area contributed by atoms with Gasteiger partial charge in [-0.15, -0.1) is 5.43 Å². The molecule has 0 radical (unpaired) electrons. The molecule has 88 valence electrons. The van der Waals surface area contributed by atoms with E-state index in [-0.39, 0.29) is 0 Å². The van der Waals surface area contributed by atoms with E-state index < -0.39 is 5.03 Å². The van der Waals surface area contributed by atoms with E-state index >= 15 is 0 Å². The first-order valence-corrected chi connectivity index (χ1v) is 5.30. The van der Waals surface area contributed by atoms with Crippen molar-refractivity contribution < 1.29 is 5.03 Å². The van der Waals surface area contributed by atoms with Crippen LogP contribution in [-0.4, -0.2) is 15.0 Å². The van der Waals surface area contributed by atoms with E-state index in [0.717, 1.165) is 11.0 Å². The number of fused-ring (bicyclic) bond motifs is 2. The highest BCUT2D eigenvalue weighted by Gasteiger charge is 2.04. The van der Waals surface area contributed by atoms with Gasteiger partial charge in [-0.3, -0.25) is 0 Å². The molecule has 0 unspecified atom stereocenters. The first kappa shape index (κ1) is 10.4. The topological polar surface area (TPSA) is 81.0 Å². The first-order valence-electron chi connectivity index (χ1n) is 5.30. The Balaban J connectivity index is 2.20. The fraction of sp³-hybridized carbons (Fsp3) is 0. The molecule has 0 bridgehead atoms. The largest absolute Gasteiger partial charge is 0.245 e. The van der Waals surface area contributed by atoms with Crippen molar-refractivity contribution in [1.29, 1.82) is 0 Å². The van der Waals surface area contributed by atoms with Gasteiger partial charge in [-0.1, -0.05) is 12.1 Å². The molecule has 0 atom stereocenters. The first-order chi connectivity index (χ1) is 8.72. The Morgan fingerprint density at radius 1 is 0.944 bits per heavy atom. The Hall–Kier alpha value is -2.76. The van der Waals surface area contributed by atoms with Crippen molar-refractivity contribution in [2.45, 2.75) is 0 Å². The number of nitrogens with one attached hydrogen (secondary N) is 1. The Morgan fingerprint density at radius 2 is 1.56 bits per heavy atom. The maximum atomic E-state index is 10.4. The van der Waals surface area contributed by atoms with Crippen molar-refractivity contribution in [3.05, 3.63) is 52.6 Å². The van der Waals surface area contributed by atoms with Gasteiger partial charge in [-0.05, 0) is 30.3 Å². The predicted molar refractivity (Wildman–Crippen MR) is 67.7 cm³/mol. The quantitative estimate of drug-likeness (QED) is 0.422. The molecule has 6 heteroatoms. The van der Waals surface area contributed by atoms with E-state index in [1.807, 2.05) is 24.3 Å². The van der Waals surface area contributed by atoms with Gasteiger partial charge >= 0.3 is 0 Å². The molecule has 0 saturated carbocycles. The van der Waals surface area contributed by atoms with E-state index in [9.17, 15) is 10.1 Å². The number of rotatable bonds is 2. The van der Waals surface area contributed by atoms with Gasteiger partial charge in [-0.25, -0.2) is 20.1 Å². The number of nitro groups is 1. The maximum Gasteiger partial charge on any atom is 0.162 e. The second-order valence-electron chi connectivity index (χ2n) is 3.78. The molecule has 0 spiro atoms. The lowest BCUT2D eigenvalue weighted by Gasteiger charge is -2.02. The van der Waals surface area contributed by atoms with E-state index in [0.29, 0.717) is 16.7 Å². The monoisotopic (exact) mass is 240 g/mol. The van der Waals surface area contributed by atoms with Crippen molar-refractivity contribution in [1.82, 2.24) is 9.97 Å². The van der Waals surface area contributed by atoms with Gasteiger partial charge in [-0.2, -0.15) is 0 Å². The number of hydrogen-bond donors (Lipinski definition) is 1. The zero-order valence-corrected chi connectivity index (χ0v) is 9.20. The Bertz CT molecular complexity index is 757. The normalized spacial score (nSPS) is 10.7. The van der Waals surface area contributed by atoms with Crippen LogP contribution in [0.4, 0.5) is 5.69 Å². The molecular weight excluding hydrogens is 232 g/mol. The van der Waals surface area contributed by atoms with Crippen LogP contribution in [0.2, 0.25) is 0 Å². The lowest BCUT2D eigenvalue weighted by atomic mass is 10.2. The summed E-state index contributed by atoms with van der Waals surface area (Å²) in [6.45, 7) is 0. The summed E-state index contributed by atoms with van der Waals surface area (Å²) in [7, 11) is 0. The van der Waals surface area contributed by atoms with Crippen LogP contribution < -0.4 is 5.43 Å². The molecule has 3 aromatic rings. The summed E-state index contributed by atoms with van der Waals surface area (Å²) in [5.41, 5.74) is 5.39. The fourth-order valence-corrected chi connectivity index (χ4v) is 1.80. The Labute approximate surface area is 101 Å². The number of aromatic nitrogens is 2. The van der Waals surface area contributed by atoms with Gasteiger partial charge in [0.15, 0.2) is 5.03 Å². The Kier molecular flexibility index (Phi) is 2.26. The van der Waals surface area contributed by atoms with Gasteiger partial charge in [0.2, 0.25) is 0 Å². The van der Waals surface area contributed by atoms with Crippen molar-refractivity contribution in [3.8, 4) is 0 Å². The zero-order chi connectivity index (χ0) is 12.5. The van der Waals surface area contributed by atoms with Gasteiger partial charge in [0.25, 0.3) is 0 Å². The number of hydrogen-bond acceptors (Lipinski definition) is 4. The maximum absolute atomic E-state index is 10.4. The standard InChI is InChI=1S/C12H8N4O2/c17-16(18)15-8-5-6-11-12(7-8)14-10-4-2-1-3-9(10)13-11/h1-7,15H. The summed E-state index contributed by atoms with van der Waals surface area (Å²) >= 11 is 0. The van der Waals surface area contributed by atoms with Crippen LogP contribution in [0.5, 0.6) is 0 Å². The molecule has 0 saturated heterocycles. The van der Waals surface area contributed by atoms with Crippen LogP contribution in [0, 0.1) is 10.1 Å². The van der Waals surface area contributed by atoms with E-state index in [2.05, 4.69) is 15.4 Å². The highest BCUT2D eigenvalue weighted by Crippen LogP contribution is 2.19. The van der Waals surface area contributed by atoms with E-state index in [4.69, 9.17) is 0 Å². The van der Waals surface area contributed by atoms with Crippen molar-refractivity contribution in [2.75, 3.05) is 5.43 Å². The van der Waals surface area contributed by atoms with Crippen LogP contribution in [0.3, 0.4) is 0 Å². The summed E-state index contributed by atoms with van der Waals surface area (Å²) in [6, 6.07) is 12.4. The molecule has 6 nitrogen and oxygen atoms in total. The van der Waals surface area contributed by atoms with E-state index in [1.54, 1.807) is 18.2 Å². The Morgan fingerprint density at radius 3 is 2.22 bits per heavy atom. The second kappa shape index (κ2) is 3.92. The molecule has 1 N–H and O–H groups in total. The SMILES string of the molecule is O=[N+]([O-])Nc1ccc2nc3ccccc3nc2c1. The third-order valence-corrected chi connectivity index (χ3v) is 2.56. The minimum atomic E-state index is -0.602.